The van der Waals surface area contributed by atoms with Crippen LogP contribution in [0.4, 0.5) is 0 Å². The van der Waals surface area contributed by atoms with Crippen molar-refractivity contribution in [1.82, 2.24) is 0 Å². The van der Waals surface area contributed by atoms with Gasteiger partial charge in [-0.3, -0.25) is 0 Å². The van der Waals surface area contributed by atoms with E-state index in [0.717, 1.165) is 5.75 Å². The maximum atomic E-state index is 5.71. The van der Waals surface area contributed by atoms with E-state index in [1.54, 1.807) is 7.11 Å². The zero-order chi connectivity index (χ0) is 25.2. The molecule has 0 aromatic heterocycles. The van der Waals surface area contributed by atoms with Crippen molar-refractivity contribution in [2.24, 2.45) is 5.41 Å². The first-order chi connectivity index (χ1) is 18.1. The molecule has 1 nitrogen and oxygen atoms in total. The van der Waals surface area contributed by atoms with Gasteiger partial charge in [-0.2, -0.15) is 0 Å². The van der Waals surface area contributed by atoms with Crippen LogP contribution in [-0.4, -0.2) is 13.3 Å². The number of para-hydroxylation sites is 1. The van der Waals surface area contributed by atoms with E-state index < -0.39 is 7.92 Å². The van der Waals surface area contributed by atoms with Crippen LogP contribution in [0.25, 0.3) is 21.5 Å². The van der Waals surface area contributed by atoms with Gasteiger partial charge in [-0.05, 0) is 107 Å². The van der Waals surface area contributed by atoms with E-state index in [2.05, 4.69) is 116 Å². The fraction of sp³-hybridized carbons (Fsp3) is 0.257. The van der Waals surface area contributed by atoms with Crippen LogP contribution in [-0.2, 0) is 0 Å². The lowest BCUT2D eigenvalue weighted by Gasteiger charge is -2.28. The summed E-state index contributed by atoms with van der Waals surface area (Å²) in [5.41, 5.74) is 1.75. The van der Waals surface area contributed by atoms with E-state index in [4.69, 9.17) is 4.74 Å². The molecule has 1 saturated carbocycles. The number of benzene rings is 5. The summed E-state index contributed by atoms with van der Waals surface area (Å²) in [4.78, 5) is 0. The Morgan fingerprint density at radius 2 is 1.30 bits per heavy atom. The van der Waals surface area contributed by atoms with E-state index >= 15 is 0 Å². The molecule has 0 heterocycles. The van der Waals surface area contributed by atoms with Gasteiger partial charge < -0.3 is 4.74 Å². The molecular weight excluding hydrogens is 467 g/mol. The third kappa shape index (κ3) is 5.03. The van der Waals surface area contributed by atoms with Crippen LogP contribution in [0.1, 0.15) is 44.1 Å². The van der Waals surface area contributed by atoms with Crippen LogP contribution < -0.4 is 15.3 Å². The zero-order valence-electron chi connectivity index (χ0n) is 21.9. The first kappa shape index (κ1) is 24.2. The van der Waals surface area contributed by atoms with E-state index in [1.807, 2.05) is 0 Å². The normalized spacial score (nSPS) is 19.6. The van der Waals surface area contributed by atoms with Gasteiger partial charge in [0.1, 0.15) is 5.75 Å². The molecule has 0 radical (unpaired) electrons. The molecule has 1 fully saturated rings. The van der Waals surface area contributed by atoms with E-state index in [1.165, 1.54) is 69.6 Å². The number of hydrogen-bond acceptors (Lipinski definition) is 1. The molecule has 5 aromatic carbocycles. The molecule has 2 heteroatoms. The van der Waals surface area contributed by atoms with Crippen LogP contribution in [0.15, 0.2) is 109 Å². The molecule has 1 aliphatic carbocycles. The minimum absolute atomic E-state index is 0.361. The molecule has 0 N–H and O–H groups in total. The molecular formula is C35H35OP. The molecule has 2 unspecified atom stereocenters. The first-order valence-electron chi connectivity index (χ1n) is 13.5. The average molecular weight is 503 g/mol. The van der Waals surface area contributed by atoms with Crippen molar-refractivity contribution in [2.75, 3.05) is 13.3 Å². The van der Waals surface area contributed by atoms with Gasteiger partial charge in [0.05, 0.1) is 7.11 Å². The maximum Gasteiger partial charge on any atom is 0.122 e. The van der Waals surface area contributed by atoms with Gasteiger partial charge in [-0.1, -0.05) is 97.9 Å². The summed E-state index contributed by atoms with van der Waals surface area (Å²) < 4.78 is 5.71. The van der Waals surface area contributed by atoms with E-state index in [-0.39, 0.29) is 0 Å². The second-order valence-electron chi connectivity index (χ2n) is 11.0. The predicted octanol–water partition coefficient (Wildman–Crippen LogP) is 8.80. The molecule has 2 atom stereocenters. The van der Waals surface area contributed by atoms with Gasteiger partial charge in [0.25, 0.3) is 0 Å². The van der Waals surface area contributed by atoms with Gasteiger partial charge >= 0.3 is 0 Å². The highest BCUT2D eigenvalue weighted by molar-refractivity contribution is 7.73. The molecule has 6 rings (SSSR count). The lowest BCUT2D eigenvalue weighted by molar-refractivity contribution is 0.320. The summed E-state index contributed by atoms with van der Waals surface area (Å²) in [6.07, 6.45) is 6.26. The highest BCUT2D eigenvalue weighted by Crippen LogP contribution is 2.52. The molecule has 0 saturated heterocycles. The Hall–Kier alpha value is -3.15. The van der Waals surface area contributed by atoms with Crippen molar-refractivity contribution in [3.8, 4) is 5.75 Å². The first-order valence-corrected chi connectivity index (χ1v) is 15.0. The molecule has 186 valence electrons. The van der Waals surface area contributed by atoms with Crippen molar-refractivity contribution in [2.45, 2.75) is 38.5 Å². The summed E-state index contributed by atoms with van der Waals surface area (Å²) in [6.45, 7) is 2.52. The molecule has 0 amide bonds. The van der Waals surface area contributed by atoms with Gasteiger partial charge in [0.2, 0.25) is 0 Å². The Balaban J connectivity index is 1.30. The molecule has 0 spiro atoms. The number of rotatable bonds is 7. The fourth-order valence-corrected chi connectivity index (χ4v) is 8.97. The molecule has 0 aliphatic heterocycles. The Kier molecular flexibility index (Phi) is 6.74. The Morgan fingerprint density at radius 1 is 0.730 bits per heavy atom. The molecule has 37 heavy (non-hydrogen) atoms. The van der Waals surface area contributed by atoms with Crippen LogP contribution in [0.2, 0.25) is 0 Å². The van der Waals surface area contributed by atoms with Crippen LogP contribution in [0.3, 0.4) is 0 Å². The standard InChI is InChI=1S/C35H35OP/c1-35(20-19-30(25-35)33-13-7-8-14-34(33)36-2)21-22-37(31-17-15-26-9-3-5-11-28(26)23-31)32-18-16-27-10-4-6-12-29(27)24-32/h3-18,23-24,30H,19-22,25H2,1-2H3. The van der Waals surface area contributed by atoms with E-state index in [0.29, 0.717) is 11.3 Å². The topological polar surface area (TPSA) is 9.23 Å². The fourth-order valence-electron chi connectivity index (χ4n) is 6.30. The van der Waals surface area contributed by atoms with Crippen molar-refractivity contribution >= 4 is 40.1 Å². The van der Waals surface area contributed by atoms with Crippen molar-refractivity contribution in [3.05, 3.63) is 115 Å². The monoisotopic (exact) mass is 502 g/mol. The second-order valence-corrected chi connectivity index (χ2v) is 13.3. The maximum absolute atomic E-state index is 5.71. The highest BCUT2D eigenvalue weighted by atomic mass is 31.1. The lowest BCUT2D eigenvalue weighted by atomic mass is 9.84. The van der Waals surface area contributed by atoms with Crippen molar-refractivity contribution in [1.29, 1.82) is 0 Å². The molecule has 5 aromatic rings. The van der Waals surface area contributed by atoms with Crippen LogP contribution in [0, 0.1) is 5.41 Å². The van der Waals surface area contributed by atoms with Crippen LogP contribution >= 0.6 is 7.92 Å². The summed E-state index contributed by atoms with van der Waals surface area (Å²) in [5.74, 6) is 1.64. The highest BCUT2D eigenvalue weighted by Gasteiger charge is 2.37. The lowest BCUT2D eigenvalue weighted by Crippen LogP contribution is -2.19. The quantitative estimate of drug-likeness (QED) is 0.202. The molecule has 0 bridgehead atoms. The summed E-state index contributed by atoms with van der Waals surface area (Å²) in [5, 5.41) is 8.32. The minimum atomic E-state index is -0.448. The second kappa shape index (κ2) is 10.3. The summed E-state index contributed by atoms with van der Waals surface area (Å²) in [6, 6.07) is 40.4. The largest absolute Gasteiger partial charge is 0.496 e. The predicted molar refractivity (Wildman–Crippen MR) is 161 cm³/mol. The van der Waals surface area contributed by atoms with E-state index in [9.17, 15) is 0 Å². The van der Waals surface area contributed by atoms with Gasteiger partial charge in [-0.25, -0.2) is 0 Å². The SMILES string of the molecule is COc1ccccc1C1CCC(C)(CCP(c2ccc3ccccc3c2)c2ccc3ccccc3c2)C1. The average Bonchev–Trinajstić information content (AvgIpc) is 3.34. The Bertz CT molecular complexity index is 1460. The zero-order valence-corrected chi connectivity index (χ0v) is 22.8. The number of hydrogen-bond donors (Lipinski definition) is 0. The Morgan fingerprint density at radius 3 is 1.92 bits per heavy atom. The van der Waals surface area contributed by atoms with Gasteiger partial charge in [0.15, 0.2) is 0 Å². The van der Waals surface area contributed by atoms with Crippen molar-refractivity contribution in [3.63, 3.8) is 0 Å². The number of fused-ring (bicyclic) bond motifs is 2. The smallest absolute Gasteiger partial charge is 0.122 e. The number of ether oxygens (including phenoxy) is 1. The Labute approximate surface area is 222 Å². The third-order valence-electron chi connectivity index (χ3n) is 8.44. The third-order valence-corrected chi connectivity index (χ3v) is 10.9. The summed E-state index contributed by atoms with van der Waals surface area (Å²) in [7, 11) is 1.35. The minimum Gasteiger partial charge on any atom is -0.496 e. The number of methoxy groups -OCH3 is 1. The van der Waals surface area contributed by atoms with Gasteiger partial charge in [-0.15, -0.1) is 0 Å². The van der Waals surface area contributed by atoms with Gasteiger partial charge in [0, 0.05) is 0 Å². The van der Waals surface area contributed by atoms with Crippen molar-refractivity contribution < 1.29 is 4.74 Å². The molecule has 1 aliphatic rings. The summed E-state index contributed by atoms with van der Waals surface area (Å²) >= 11 is 0. The van der Waals surface area contributed by atoms with Crippen LogP contribution in [0.5, 0.6) is 5.75 Å².